The van der Waals surface area contributed by atoms with E-state index in [-0.39, 0.29) is 5.95 Å². The topological polar surface area (TPSA) is 115 Å². The van der Waals surface area contributed by atoms with E-state index in [4.69, 9.17) is 9.72 Å². The monoisotopic (exact) mass is 488 g/mol. The zero-order valence-corrected chi connectivity index (χ0v) is 20.3. The second kappa shape index (κ2) is 9.49. The highest BCUT2D eigenvalue weighted by atomic mass is 19.1. The van der Waals surface area contributed by atoms with Gasteiger partial charge in [-0.25, -0.2) is 14.4 Å². The molecule has 0 aliphatic heterocycles. The fraction of sp³-hybridized carbons (Fsp3) is 0.208. The molecule has 0 spiro atoms. The van der Waals surface area contributed by atoms with Gasteiger partial charge in [0, 0.05) is 56.6 Å². The molecular formula is C24H25FN10O. The standard InChI is InChI=1S/C24H25FN10O/c1-15-9-20(32-31-15)28-23-22(36-4)21(17-11-27-33(2)13-17)29-24(30-23)34(3)19-6-5-16(10-18(19)25)12-35-8-7-26-14-35/h5-11,13-14H,12H2,1-4H3,(H2,28,29,30,31,32). The average molecular weight is 489 g/mol. The van der Waals surface area contributed by atoms with Crippen molar-refractivity contribution in [3.05, 3.63) is 72.5 Å². The van der Waals surface area contributed by atoms with E-state index in [9.17, 15) is 0 Å². The highest BCUT2D eigenvalue weighted by Gasteiger charge is 2.22. The Hall–Kier alpha value is -4.74. The predicted molar refractivity (Wildman–Crippen MR) is 133 cm³/mol. The maximum atomic E-state index is 15.2. The summed E-state index contributed by atoms with van der Waals surface area (Å²) in [5.74, 6) is 1.24. The fourth-order valence-electron chi connectivity index (χ4n) is 3.83. The summed E-state index contributed by atoms with van der Waals surface area (Å²) in [4.78, 5) is 15.0. The number of nitrogens with one attached hydrogen (secondary N) is 2. The van der Waals surface area contributed by atoms with E-state index in [0.717, 1.165) is 16.8 Å². The van der Waals surface area contributed by atoms with Gasteiger partial charge in [-0.1, -0.05) is 6.07 Å². The number of anilines is 4. The van der Waals surface area contributed by atoms with E-state index in [1.807, 2.05) is 43.1 Å². The number of H-pyrrole nitrogens is 1. The van der Waals surface area contributed by atoms with Crippen LogP contribution in [0, 0.1) is 12.7 Å². The third-order valence-corrected chi connectivity index (χ3v) is 5.59. The molecule has 0 amide bonds. The minimum absolute atomic E-state index is 0.269. The van der Waals surface area contributed by atoms with Gasteiger partial charge in [0.05, 0.1) is 25.3 Å². The SMILES string of the molecule is COc1c(Nc2cc(C)[nH]n2)nc(N(C)c2ccc(Cn3ccnc3)cc2F)nc1-c1cnn(C)c1. The third kappa shape index (κ3) is 4.60. The van der Waals surface area contributed by atoms with Crippen LogP contribution in [0.1, 0.15) is 11.3 Å². The van der Waals surface area contributed by atoms with Gasteiger partial charge in [-0.3, -0.25) is 9.78 Å². The van der Waals surface area contributed by atoms with Gasteiger partial charge in [0.2, 0.25) is 5.95 Å². The van der Waals surface area contributed by atoms with E-state index >= 15 is 4.39 Å². The highest BCUT2D eigenvalue weighted by Crippen LogP contribution is 2.38. The van der Waals surface area contributed by atoms with Crippen LogP contribution in [0.2, 0.25) is 0 Å². The van der Waals surface area contributed by atoms with Crippen molar-refractivity contribution in [2.75, 3.05) is 24.4 Å². The zero-order valence-electron chi connectivity index (χ0n) is 20.3. The largest absolute Gasteiger partial charge is 0.491 e. The Bertz CT molecular complexity index is 1490. The first-order chi connectivity index (χ1) is 17.4. The first-order valence-electron chi connectivity index (χ1n) is 11.1. The van der Waals surface area contributed by atoms with Crippen LogP contribution in [0.15, 0.2) is 55.4 Å². The maximum Gasteiger partial charge on any atom is 0.232 e. The van der Waals surface area contributed by atoms with Crippen molar-refractivity contribution in [2.24, 2.45) is 7.05 Å². The molecule has 0 unspecified atom stereocenters. The van der Waals surface area contributed by atoms with Gasteiger partial charge in [-0.15, -0.1) is 0 Å². The maximum absolute atomic E-state index is 15.2. The van der Waals surface area contributed by atoms with Crippen LogP contribution in [0.5, 0.6) is 5.75 Å². The minimum Gasteiger partial charge on any atom is -0.491 e. The van der Waals surface area contributed by atoms with Gasteiger partial charge in [-0.05, 0) is 24.6 Å². The van der Waals surface area contributed by atoms with Crippen molar-refractivity contribution in [1.82, 2.24) is 39.5 Å². The first kappa shape index (κ1) is 23.0. The van der Waals surface area contributed by atoms with Crippen LogP contribution in [0.3, 0.4) is 0 Å². The van der Waals surface area contributed by atoms with Crippen LogP contribution in [-0.2, 0) is 13.6 Å². The van der Waals surface area contributed by atoms with E-state index < -0.39 is 5.82 Å². The van der Waals surface area contributed by atoms with Crippen molar-refractivity contribution in [1.29, 1.82) is 0 Å². The lowest BCUT2D eigenvalue weighted by Crippen LogP contribution is -2.16. The van der Waals surface area contributed by atoms with Crippen molar-refractivity contribution < 1.29 is 9.13 Å². The van der Waals surface area contributed by atoms with Crippen LogP contribution < -0.4 is 15.0 Å². The molecule has 0 saturated carbocycles. The molecule has 4 aromatic heterocycles. The quantitative estimate of drug-likeness (QED) is 0.339. The summed E-state index contributed by atoms with van der Waals surface area (Å²) in [7, 11) is 5.07. The van der Waals surface area contributed by atoms with Gasteiger partial charge in [0.1, 0.15) is 11.5 Å². The Balaban J connectivity index is 1.55. The Morgan fingerprint density at radius 1 is 1.22 bits per heavy atom. The van der Waals surface area contributed by atoms with E-state index in [0.29, 0.717) is 35.3 Å². The molecule has 12 heteroatoms. The Kier molecular flexibility index (Phi) is 6.07. The van der Waals surface area contributed by atoms with E-state index in [1.165, 1.54) is 6.07 Å². The summed E-state index contributed by atoms with van der Waals surface area (Å²) in [5.41, 5.74) is 3.25. The molecule has 4 heterocycles. The number of nitrogens with zero attached hydrogens (tertiary/aromatic N) is 8. The Morgan fingerprint density at radius 2 is 2.08 bits per heavy atom. The molecule has 0 saturated heterocycles. The van der Waals surface area contributed by atoms with Crippen LogP contribution in [0.4, 0.5) is 27.7 Å². The Labute approximate surface area is 206 Å². The van der Waals surface area contributed by atoms with Crippen molar-refractivity contribution in [3.8, 4) is 17.0 Å². The third-order valence-electron chi connectivity index (χ3n) is 5.59. The molecule has 0 bridgehead atoms. The van der Waals surface area contributed by atoms with Gasteiger partial charge in [0.25, 0.3) is 0 Å². The fourth-order valence-corrected chi connectivity index (χ4v) is 3.83. The Morgan fingerprint density at radius 3 is 2.72 bits per heavy atom. The molecule has 0 fully saturated rings. The number of methoxy groups -OCH3 is 1. The number of ether oxygens (including phenoxy) is 1. The van der Waals surface area contributed by atoms with Gasteiger partial charge in [-0.2, -0.15) is 15.2 Å². The summed E-state index contributed by atoms with van der Waals surface area (Å²) in [6.45, 7) is 2.41. The lowest BCUT2D eigenvalue weighted by molar-refractivity contribution is 0.415. The van der Waals surface area contributed by atoms with Crippen molar-refractivity contribution in [2.45, 2.75) is 13.5 Å². The number of halogens is 1. The van der Waals surface area contributed by atoms with Crippen LogP contribution in [-0.4, -0.2) is 53.7 Å². The molecule has 184 valence electrons. The van der Waals surface area contributed by atoms with Crippen LogP contribution in [0.25, 0.3) is 11.3 Å². The number of imidazole rings is 1. The minimum atomic E-state index is -0.394. The summed E-state index contributed by atoms with van der Waals surface area (Å²) < 4.78 is 24.5. The normalized spacial score (nSPS) is 11.0. The number of hydrogen-bond acceptors (Lipinski definition) is 8. The molecule has 0 aliphatic rings. The van der Waals surface area contributed by atoms with Crippen molar-refractivity contribution >= 4 is 23.3 Å². The summed E-state index contributed by atoms with van der Waals surface area (Å²) in [5, 5.41) is 14.6. The second-order valence-electron chi connectivity index (χ2n) is 8.30. The molecule has 5 rings (SSSR count). The number of benzene rings is 1. The van der Waals surface area contributed by atoms with Gasteiger partial charge in [0.15, 0.2) is 17.4 Å². The number of aryl methyl sites for hydroxylation is 2. The number of rotatable bonds is 8. The zero-order chi connectivity index (χ0) is 25.2. The molecule has 0 aliphatic carbocycles. The molecule has 36 heavy (non-hydrogen) atoms. The smallest absolute Gasteiger partial charge is 0.232 e. The average Bonchev–Trinajstić information content (AvgIpc) is 3.62. The van der Waals surface area contributed by atoms with Crippen molar-refractivity contribution in [3.63, 3.8) is 0 Å². The van der Waals surface area contributed by atoms with E-state index in [2.05, 4.69) is 30.6 Å². The van der Waals surface area contributed by atoms with Gasteiger partial charge < -0.3 is 19.5 Å². The number of aromatic amines is 1. The summed E-state index contributed by atoms with van der Waals surface area (Å²) in [6, 6.07) is 6.92. The molecular weight excluding hydrogens is 463 g/mol. The van der Waals surface area contributed by atoms with E-state index in [1.54, 1.807) is 48.5 Å². The predicted octanol–water partition coefficient (Wildman–Crippen LogP) is 3.81. The second-order valence-corrected chi connectivity index (χ2v) is 8.30. The lowest BCUT2D eigenvalue weighted by Gasteiger charge is -2.21. The molecule has 1 aromatic carbocycles. The molecule has 2 N–H and O–H groups in total. The molecule has 11 nitrogen and oxygen atoms in total. The summed E-state index contributed by atoms with van der Waals surface area (Å²) in [6.07, 6.45) is 8.72. The molecule has 0 atom stereocenters. The lowest BCUT2D eigenvalue weighted by atomic mass is 10.2. The molecule has 0 radical (unpaired) electrons. The molecule has 5 aromatic rings. The number of hydrogen-bond donors (Lipinski definition) is 2. The highest BCUT2D eigenvalue weighted by molar-refractivity contribution is 5.77. The number of aromatic nitrogens is 8. The first-order valence-corrected chi connectivity index (χ1v) is 11.1. The van der Waals surface area contributed by atoms with Gasteiger partial charge >= 0.3 is 0 Å². The van der Waals surface area contributed by atoms with Crippen LogP contribution >= 0.6 is 0 Å². The summed E-state index contributed by atoms with van der Waals surface area (Å²) >= 11 is 0.